The number of ether oxygens (including phenoxy) is 1. The Labute approximate surface area is 124 Å². The molecule has 3 nitrogen and oxygen atoms in total. The normalized spacial score (nSPS) is 22.9. The Balaban J connectivity index is 1.78. The number of hydrogen-bond acceptors (Lipinski definition) is 4. The molecule has 1 heterocycles. The first-order valence-corrected chi connectivity index (χ1v) is 8.38. The van der Waals surface area contributed by atoms with Gasteiger partial charge in [0.1, 0.15) is 5.75 Å². The van der Waals surface area contributed by atoms with Crippen molar-refractivity contribution in [3.63, 3.8) is 0 Å². The van der Waals surface area contributed by atoms with Gasteiger partial charge in [-0.1, -0.05) is 31.1 Å². The monoisotopic (exact) mass is 290 g/mol. The molecule has 0 bridgehead atoms. The molecule has 20 heavy (non-hydrogen) atoms. The second-order valence-electron chi connectivity index (χ2n) is 5.59. The van der Waals surface area contributed by atoms with Crippen LogP contribution in [0.25, 0.3) is 10.2 Å². The minimum absolute atomic E-state index is 0.579. The van der Waals surface area contributed by atoms with E-state index in [0.29, 0.717) is 12.6 Å². The number of aromatic nitrogens is 1. The SMILES string of the molecule is CCOc1ccc2nc(NC3CCCCC3C)sc2c1. The summed E-state index contributed by atoms with van der Waals surface area (Å²) in [5, 5.41) is 4.69. The molecule has 108 valence electrons. The number of nitrogens with zero attached hydrogens (tertiary/aromatic N) is 1. The molecule has 1 fully saturated rings. The van der Waals surface area contributed by atoms with E-state index in [-0.39, 0.29) is 0 Å². The van der Waals surface area contributed by atoms with Crippen LogP contribution in [0.2, 0.25) is 0 Å². The number of anilines is 1. The van der Waals surface area contributed by atoms with E-state index in [2.05, 4.69) is 18.3 Å². The molecule has 3 rings (SSSR count). The van der Waals surface area contributed by atoms with Gasteiger partial charge in [0.2, 0.25) is 0 Å². The molecule has 2 atom stereocenters. The van der Waals surface area contributed by atoms with Gasteiger partial charge in [0.05, 0.1) is 16.8 Å². The molecular weight excluding hydrogens is 268 g/mol. The van der Waals surface area contributed by atoms with Crippen molar-refractivity contribution in [1.29, 1.82) is 0 Å². The molecule has 1 aliphatic carbocycles. The van der Waals surface area contributed by atoms with Crippen molar-refractivity contribution in [1.82, 2.24) is 4.98 Å². The number of thiazole rings is 1. The Morgan fingerprint density at radius 1 is 1.35 bits per heavy atom. The van der Waals surface area contributed by atoms with Crippen LogP contribution >= 0.6 is 11.3 Å². The Bertz CT molecular complexity index is 581. The van der Waals surface area contributed by atoms with E-state index in [1.54, 1.807) is 11.3 Å². The molecule has 1 N–H and O–H groups in total. The van der Waals surface area contributed by atoms with E-state index in [1.165, 1.54) is 30.4 Å². The van der Waals surface area contributed by atoms with Crippen molar-refractivity contribution < 1.29 is 4.74 Å². The lowest BCUT2D eigenvalue weighted by Crippen LogP contribution is -2.30. The average Bonchev–Trinajstić information content (AvgIpc) is 2.83. The summed E-state index contributed by atoms with van der Waals surface area (Å²) in [6, 6.07) is 6.72. The maximum atomic E-state index is 5.55. The first-order chi connectivity index (χ1) is 9.76. The molecule has 1 saturated carbocycles. The molecule has 1 aliphatic rings. The van der Waals surface area contributed by atoms with Crippen LogP contribution in [0.1, 0.15) is 39.5 Å². The number of benzene rings is 1. The van der Waals surface area contributed by atoms with Gasteiger partial charge in [-0.15, -0.1) is 0 Å². The van der Waals surface area contributed by atoms with Crippen LogP contribution < -0.4 is 10.1 Å². The number of fused-ring (bicyclic) bond motifs is 1. The Kier molecular flexibility index (Phi) is 4.10. The zero-order valence-corrected chi connectivity index (χ0v) is 13.0. The van der Waals surface area contributed by atoms with Gasteiger partial charge in [0, 0.05) is 6.04 Å². The molecule has 0 amide bonds. The van der Waals surface area contributed by atoms with E-state index in [0.717, 1.165) is 22.3 Å². The van der Waals surface area contributed by atoms with Gasteiger partial charge in [-0.25, -0.2) is 4.98 Å². The van der Waals surface area contributed by atoms with Crippen molar-refractivity contribution >= 4 is 26.7 Å². The van der Waals surface area contributed by atoms with E-state index in [9.17, 15) is 0 Å². The molecule has 1 aromatic carbocycles. The van der Waals surface area contributed by atoms with Gasteiger partial charge in [-0.3, -0.25) is 0 Å². The molecule has 0 saturated heterocycles. The Hall–Kier alpha value is -1.29. The van der Waals surface area contributed by atoms with Gasteiger partial charge in [0.15, 0.2) is 5.13 Å². The van der Waals surface area contributed by atoms with Crippen LogP contribution in [0.5, 0.6) is 5.75 Å². The first kappa shape index (κ1) is 13.7. The summed E-state index contributed by atoms with van der Waals surface area (Å²) in [4.78, 5) is 4.69. The summed E-state index contributed by atoms with van der Waals surface area (Å²) in [6.45, 7) is 5.06. The van der Waals surface area contributed by atoms with Crippen LogP contribution in [0.15, 0.2) is 18.2 Å². The summed E-state index contributed by atoms with van der Waals surface area (Å²) >= 11 is 1.73. The molecular formula is C16H22N2OS. The van der Waals surface area contributed by atoms with Crippen molar-refractivity contribution in [2.45, 2.75) is 45.6 Å². The van der Waals surface area contributed by atoms with Crippen LogP contribution in [0, 0.1) is 5.92 Å². The third kappa shape index (κ3) is 2.90. The van der Waals surface area contributed by atoms with Crippen LogP contribution in [-0.4, -0.2) is 17.6 Å². The van der Waals surface area contributed by atoms with Gasteiger partial charge in [0.25, 0.3) is 0 Å². The zero-order valence-electron chi connectivity index (χ0n) is 12.2. The lowest BCUT2D eigenvalue weighted by atomic mass is 9.86. The first-order valence-electron chi connectivity index (χ1n) is 7.56. The van der Waals surface area contributed by atoms with E-state index >= 15 is 0 Å². The van der Waals surface area contributed by atoms with Crippen molar-refractivity contribution in [3.8, 4) is 5.75 Å². The second kappa shape index (κ2) is 6.00. The highest BCUT2D eigenvalue weighted by molar-refractivity contribution is 7.22. The molecule has 0 aliphatic heterocycles. The summed E-state index contributed by atoms with van der Waals surface area (Å²) in [5.41, 5.74) is 1.06. The lowest BCUT2D eigenvalue weighted by Gasteiger charge is -2.29. The fourth-order valence-electron chi connectivity index (χ4n) is 2.91. The summed E-state index contributed by atoms with van der Waals surface area (Å²) < 4.78 is 6.74. The Morgan fingerprint density at radius 3 is 3.00 bits per heavy atom. The van der Waals surface area contributed by atoms with Crippen molar-refractivity contribution in [2.24, 2.45) is 5.92 Å². The molecule has 2 unspecified atom stereocenters. The van der Waals surface area contributed by atoms with Gasteiger partial charge in [-0.2, -0.15) is 0 Å². The highest BCUT2D eigenvalue weighted by Crippen LogP contribution is 2.32. The lowest BCUT2D eigenvalue weighted by molar-refractivity contribution is 0.341. The maximum absolute atomic E-state index is 5.55. The van der Waals surface area contributed by atoms with E-state index in [4.69, 9.17) is 9.72 Å². The van der Waals surface area contributed by atoms with E-state index in [1.807, 2.05) is 19.1 Å². The fourth-order valence-corrected chi connectivity index (χ4v) is 3.87. The minimum Gasteiger partial charge on any atom is -0.494 e. The fraction of sp³-hybridized carbons (Fsp3) is 0.562. The number of rotatable bonds is 4. The standard InChI is InChI=1S/C16H22N2OS/c1-3-19-12-8-9-14-15(10-12)20-16(18-14)17-13-7-5-4-6-11(13)2/h8-11,13H,3-7H2,1-2H3,(H,17,18). The topological polar surface area (TPSA) is 34.1 Å². The van der Waals surface area contributed by atoms with Crippen molar-refractivity contribution in [2.75, 3.05) is 11.9 Å². The molecule has 4 heteroatoms. The predicted molar refractivity (Wildman–Crippen MR) is 85.8 cm³/mol. The average molecular weight is 290 g/mol. The maximum Gasteiger partial charge on any atom is 0.184 e. The van der Waals surface area contributed by atoms with E-state index < -0.39 is 0 Å². The molecule has 2 aromatic rings. The van der Waals surface area contributed by atoms with Gasteiger partial charge >= 0.3 is 0 Å². The number of hydrogen-bond donors (Lipinski definition) is 1. The largest absolute Gasteiger partial charge is 0.494 e. The summed E-state index contributed by atoms with van der Waals surface area (Å²) in [5.74, 6) is 1.68. The third-order valence-corrected chi connectivity index (χ3v) is 5.04. The molecule has 0 radical (unpaired) electrons. The number of nitrogens with one attached hydrogen (secondary N) is 1. The quantitative estimate of drug-likeness (QED) is 0.887. The smallest absolute Gasteiger partial charge is 0.184 e. The minimum atomic E-state index is 0.579. The predicted octanol–water partition coefficient (Wildman–Crippen LogP) is 4.69. The Morgan fingerprint density at radius 2 is 2.20 bits per heavy atom. The third-order valence-electron chi connectivity index (χ3n) is 4.09. The van der Waals surface area contributed by atoms with Crippen LogP contribution in [0.4, 0.5) is 5.13 Å². The highest BCUT2D eigenvalue weighted by Gasteiger charge is 2.22. The van der Waals surface area contributed by atoms with Gasteiger partial charge in [-0.05, 0) is 43.9 Å². The summed E-state index contributed by atoms with van der Waals surface area (Å²) in [7, 11) is 0. The summed E-state index contributed by atoms with van der Waals surface area (Å²) in [6.07, 6.45) is 5.30. The van der Waals surface area contributed by atoms with Crippen LogP contribution in [0.3, 0.4) is 0 Å². The highest BCUT2D eigenvalue weighted by atomic mass is 32.1. The van der Waals surface area contributed by atoms with Crippen LogP contribution in [-0.2, 0) is 0 Å². The second-order valence-corrected chi connectivity index (χ2v) is 6.62. The molecule has 1 aromatic heterocycles. The van der Waals surface area contributed by atoms with Crippen molar-refractivity contribution in [3.05, 3.63) is 18.2 Å². The molecule has 0 spiro atoms. The van der Waals surface area contributed by atoms with Gasteiger partial charge < -0.3 is 10.1 Å². The zero-order chi connectivity index (χ0) is 13.9.